The van der Waals surface area contributed by atoms with Crippen molar-refractivity contribution >= 4 is 50.9 Å². The lowest BCUT2D eigenvalue weighted by atomic mass is 10.0. The molecule has 5 nitrogen and oxygen atoms in total. The molecule has 7 heteroatoms. The van der Waals surface area contributed by atoms with E-state index >= 15 is 0 Å². The van der Waals surface area contributed by atoms with E-state index in [1.54, 1.807) is 6.92 Å². The molecule has 0 aliphatic rings. The van der Waals surface area contributed by atoms with Crippen molar-refractivity contribution in [3.8, 4) is 11.1 Å². The summed E-state index contributed by atoms with van der Waals surface area (Å²) in [6.07, 6.45) is 0. The van der Waals surface area contributed by atoms with Crippen LogP contribution in [0.5, 0.6) is 0 Å². The number of fused-ring (bicyclic) bond motifs is 1. The number of nitrogens with zero attached hydrogens (tertiary/aromatic N) is 1. The third kappa shape index (κ3) is 4.84. The number of ether oxygens (including phenoxy) is 1. The molecule has 2 aromatic carbocycles. The van der Waals surface area contributed by atoms with E-state index in [-0.39, 0.29) is 18.3 Å². The number of carbonyl (C=O) groups is 2. The molecule has 0 unspecified atom stereocenters. The van der Waals surface area contributed by atoms with Crippen molar-refractivity contribution in [1.82, 2.24) is 4.98 Å². The van der Waals surface area contributed by atoms with E-state index in [1.807, 2.05) is 66.9 Å². The zero-order valence-corrected chi connectivity index (χ0v) is 19.4. The van der Waals surface area contributed by atoms with Gasteiger partial charge in [0.1, 0.15) is 15.6 Å². The largest absolute Gasteiger partial charge is 0.462 e. The van der Waals surface area contributed by atoms with Crippen LogP contribution in [0.4, 0.5) is 5.00 Å². The number of pyridine rings is 1. The van der Waals surface area contributed by atoms with Crippen LogP contribution in [0.2, 0.25) is 0 Å². The average molecular weight is 463 g/mol. The Labute approximate surface area is 194 Å². The number of rotatable bonds is 7. The maximum absolute atomic E-state index is 12.7. The van der Waals surface area contributed by atoms with Gasteiger partial charge in [-0.15, -0.1) is 11.3 Å². The molecule has 4 aromatic rings. The molecule has 4 rings (SSSR count). The van der Waals surface area contributed by atoms with Crippen molar-refractivity contribution in [2.45, 2.75) is 18.9 Å². The van der Waals surface area contributed by atoms with Gasteiger partial charge in [0.25, 0.3) is 0 Å². The highest BCUT2D eigenvalue weighted by Gasteiger charge is 2.23. The summed E-state index contributed by atoms with van der Waals surface area (Å²) in [4.78, 5) is 30.1. The second-order valence-corrected chi connectivity index (χ2v) is 8.92. The van der Waals surface area contributed by atoms with Crippen LogP contribution in [0.15, 0.2) is 71.1 Å². The van der Waals surface area contributed by atoms with Crippen LogP contribution in [-0.2, 0) is 9.53 Å². The molecule has 0 fully saturated rings. The standard InChI is InChI=1S/C25H22N2O3S2/c1-3-30-25(29)22-19(17-9-5-4-6-10-17)14-31-24(22)27-21(28)15-32-23-16(2)13-18-11-7-8-12-20(18)26-23/h4-14H,3,15H2,1-2H3,(H,27,28). The summed E-state index contributed by atoms with van der Waals surface area (Å²) in [5.74, 6) is -0.452. The van der Waals surface area contributed by atoms with Crippen molar-refractivity contribution in [3.05, 3.63) is 77.2 Å². The number of amides is 1. The van der Waals surface area contributed by atoms with E-state index in [0.717, 1.165) is 32.6 Å². The second kappa shape index (κ2) is 9.97. The van der Waals surface area contributed by atoms with Gasteiger partial charge in [-0.25, -0.2) is 9.78 Å². The fourth-order valence-electron chi connectivity index (χ4n) is 3.33. The normalized spacial score (nSPS) is 10.8. The fourth-order valence-corrected chi connectivity index (χ4v) is 5.10. The number of aryl methyl sites for hydroxylation is 1. The predicted molar refractivity (Wildman–Crippen MR) is 132 cm³/mol. The van der Waals surface area contributed by atoms with Gasteiger partial charge < -0.3 is 10.1 Å². The van der Waals surface area contributed by atoms with Crippen LogP contribution >= 0.6 is 23.1 Å². The maximum atomic E-state index is 12.7. The molecule has 1 N–H and O–H groups in total. The number of anilines is 1. The molecule has 162 valence electrons. The van der Waals surface area contributed by atoms with Gasteiger partial charge in [-0.2, -0.15) is 0 Å². The number of para-hydroxylation sites is 1. The van der Waals surface area contributed by atoms with Crippen LogP contribution in [0.25, 0.3) is 22.0 Å². The summed E-state index contributed by atoms with van der Waals surface area (Å²) in [7, 11) is 0. The zero-order valence-electron chi connectivity index (χ0n) is 17.8. The minimum atomic E-state index is -0.442. The number of benzene rings is 2. The Balaban J connectivity index is 1.52. The van der Waals surface area contributed by atoms with Crippen molar-refractivity contribution in [2.24, 2.45) is 0 Å². The molecule has 0 atom stereocenters. The average Bonchev–Trinajstić information content (AvgIpc) is 3.22. The number of hydrogen-bond donors (Lipinski definition) is 1. The third-order valence-electron chi connectivity index (χ3n) is 4.82. The summed E-state index contributed by atoms with van der Waals surface area (Å²) in [5.41, 5.74) is 3.97. The van der Waals surface area contributed by atoms with Crippen LogP contribution in [0, 0.1) is 6.92 Å². The van der Waals surface area contributed by atoms with Gasteiger partial charge in [0.2, 0.25) is 5.91 Å². The van der Waals surface area contributed by atoms with Gasteiger partial charge in [-0.05, 0) is 37.1 Å². The molecule has 32 heavy (non-hydrogen) atoms. The van der Waals surface area contributed by atoms with Crippen LogP contribution < -0.4 is 5.32 Å². The Morgan fingerprint density at radius 3 is 2.62 bits per heavy atom. The highest BCUT2D eigenvalue weighted by atomic mass is 32.2. The maximum Gasteiger partial charge on any atom is 0.341 e. The number of aromatic nitrogens is 1. The monoisotopic (exact) mass is 462 g/mol. The second-order valence-electron chi connectivity index (χ2n) is 7.08. The number of esters is 1. The van der Waals surface area contributed by atoms with Crippen LogP contribution in [-0.4, -0.2) is 29.2 Å². The third-order valence-corrected chi connectivity index (χ3v) is 6.81. The summed E-state index contributed by atoms with van der Waals surface area (Å²) in [6.45, 7) is 4.02. The molecule has 2 aromatic heterocycles. The Morgan fingerprint density at radius 1 is 1.09 bits per heavy atom. The smallest absolute Gasteiger partial charge is 0.341 e. The lowest BCUT2D eigenvalue weighted by Gasteiger charge is -2.10. The molecule has 0 saturated heterocycles. The van der Waals surface area contributed by atoms with Gasteiger partial charge in [-0.3, -0.25) is 4.79 Å². The highest BCUT2D eigenvalue weighted by Crippen LogP contribution is 2.36. The van der Waals surface area contributed by atoms with E-state index in [1.165, 1.54) is 23.1 Å². The van der Waals surface area contributed by atoms with Gasteiger partial charge in [0.15, 0.2) is 0 Å². The van der Waals surface area contributed by atoms with Crippen LogP contribution in [0.1, 0.15) is 22.8 Å². The molecule has 0 radical (unpaired) electrons. The summed E-state index contributed by atoms with van der Waals surface area (Å²) < 4.78 is 5.26. The molecule has 1 amide bonds. The Bertz CT molecular complexity index is 1270. The van der Waals surface area contributed by atoms with Crippen molar-refractivity contribution in [3.63, 3.8) is 0 Å². The van der Waals surface area contributed by atoms with Crippen molar-refractivity contribution in [2.75, 3.05) is 17.7 Å². The molecule has 0 spiro atoms. The topological polar surface area (TPSA) is 68.3 Å². The minimum absolute atomic E-state index is 0.188. The summed E-state index contributed by atoms with van der Waals surface area (Å²) >= 11 is 2.70. The van der Waals surface area contributed by atoms with Crippen molar-refractivity contribution in [1.29, 1.82) is 0 Å². The molecule has 2 heterocycles. The first-order valence-electron chi connectivity index (χ1n) is 10.2. The summed E-state index contributed by atoms with van der Waals surface area (Å²) in [6, 6.07) is 19.6. The van der Waals surface area contributed by atoms with Crippen molar-refractivity contribution < 1.29 is 14.3 Å². The minimum Gasteiger partial charge on any atom is -0.462 e. The summed E-state index contributed by atoms with van der Waals surface area (Å²) in [5, 5.41) is 7.16. The number of thioether (sulfide) groups is 1. The van der Waals surface area contributed by atoms with Gasteiger partial charge >= 0.3 is 5.97 Å². The number of carbonyl (C=O) groups excluding carboxylic acids is 2. The molecule has 0 aliphatic carbocycles. The first kappa shape index (κ1) is 22.0. The van der Waals surface area contributed by atoms with E-state index in [4.69, 9.17) is 4.74 Å². The molecule has 0 aliphatic heterocycles. The van der Waals surface area contributed by atoms with E-state index < -0.39 is 5.97 Å². The quantitative estimate of drug-likeness (QED) is 0.262. The van der Waals surface area contributed by atoms with E-state index in [9.17, 15) is 9.59 Å². The SMILES string of the molecule is CCOC(=O)c1c(-c2ccccc2)csc1NC(=O)CSc1nc2ccccc2cc1C. The first-order chi connectivity index (χ1) is 15.6. The van der Waals surface area contributed by atoms with E-state index in [2.05, 4.69) is 16.4 Å². The Morgan fingerprint density at radius 2 is 1.84 bits per heavy atom. The predicted octanol–water partition coefficient (Wildman–Crippen LogP) is 6.18. The molecule has 0 saturated carbocycles. The fraction of sp³-hybridized carbons (Fsp3) is 0.160. The Kier molecular flexibility index (Phi) is 6.87. The van der Waals surface area contributed by atoms with E-state index in [0.29, 0.717) is 10.6 Å². The van der Waals surface area contributed by atoms with Gasteiger partial charge in [-0.1, -0.05) is 60.3 Å². The number of thiophene rings is 1. The van der Waals surface area contributed by atoms with Crippen LogP contribution in [0.3, 0.4) is 0 Å². The zero-order chi connectivity index (χ0) is 22.5. The molecular formula is C25H22N2O3S2. The highest BCUT2D eigenvalue weighted by molar-refractivity contribution is 8.00. The Hall–Kier alpha value is -3.16. The lowest BCUT2D eigenvalue weighted by molar-refractivity contribution is -0.113. The number of hydrogen-bond acceptors (Lipinski definition) is 6. The van der Waals surface area contributed by atoms with Gasteiger partial charge in [0, 0.05) is 16.3 Å². The van der Waals surface area contributed by atoms with Gasteiger partial charge in [0.05, 0.1) is 17.9 Å². The number of nitrogens with one attached hydrogen (secondary N) is 1. The first-order valence-corrected chi connectivity index (χ1v) is 12.1. The lowest BCUT2D eigenvalue weighted by Crippen LogP contribution is -2.16. The molecule has 0 bridgehead atoms. The molecular weight excluding hydrogens is 440 g/mol.